The second-order valence-electron chi connectivity index (χ2n) is 6.75. The van der Waals surface area contributed by atoms with Crippen molar-refractivity contribution in [2.24, 2.45) is 0 Å². The van der Waals surface area contributed by atoms with Crippen molar-refractivity contribution in [2.45, 2.75) is 32.2 Å². The molecular weight excluding hydrogens is 381 g/mol. The second-order valence-corrected chi connectivity index (χ2v) is 7.82. The van der Waals surface area contributed by atoms with Crippen LogP contribution in [0.3, 0.4) is 0 Å². The molecule has 1 atom stereocenters. The van der Waals surface area contributed by atoms with Gasteiger partial charge in [-0.25, -0.2) is 9.18 Å². The van der Waals surface area contributed by atoms with Crippen molar-refractivity contribution < 1.29 is 23.5 Å². The first-order valence-electron chi connectivity index (χ1n) is 8.97. The van der Waals surface area contributed by atoms with E-state index in [2.05, 4.69) is 0 Å². The van der Waals surface area contributed by atoms with Crippen LogP contribution in [-0.4, -0.2) is 30.3 Å². The number of carbonyl (C=O) groups excluding carboxylic acids is 2. The van der Waals surface area contributed by atoms with Crippen molar-refractivity contribution in [3.8, 4) is 5.75 Å². The van der Waals surface area contributed by atoms with Gasteiger partial charge in [0.05, 0.1) is 11.9 Å². The lowest BCUT2D eigenvalue weighted by Crippen LogP contribution is -2.28. The highest BCUT2D eigenvalue weighted by atomic mass is 32.2. The third-order valence-electron chi connectivity index (χ3n) is 4.17. The summed E-state index contributed by atoms with van der Waals surface area (Å²) >= 11 is 1.51. The number of anilines is 1. The lowest BCUT2D eigenvalue weighted by atomic mass is 10.1. The van der Waals surface area contributed by atoms with E-state index in [0.717, 1.165) is 16.8 Å². The fraction of sp³-hybridized carbons (Fsp3) is 0.333. The smallest absolute Gasteiger partial charge is 0.344 e. The average molecular weight is 403 g/mol. The average Bonchev–Trinajstić information content (AvgIpc) is 3.01. The molecule has 148 valence electrons. The molecule has 28 heavy (non-hydrogen) atoms. The number of amides is 1. The second kappa shape index (κ2) is 8.65. The zero-order valence-electron chi connectivity index (χ0n) is 16.0. The Labute approximate surface area is 167 Å². The van der Waals surface area contributed by atoms with E-state index in [1.54, 1.807) is 49.1 Å². The van der Waals surface area contributed by atoms with E-state index in [4.69, 9.17) is 9.47 Å². The molecule has 0 aliphatic carbocycles. The molecule has 0 bridgehead atoms. The van der Waals surface area contributed by atoms with Gasteiger partial charge in [-0.15, -0.1) is 11.8 Å². The van der Waals surface area contributed by atoms with E-state index >= 15 is 0 Å². The topological polar surface area (TPSA) is 55.8 Å². The van der Waals surface area contributed by atoms with Gasteiger partial charge in [0.1, 0.15) is 16.9 Å². The van der Waals surface area contributed by atoms with Crippen LogP contribution in [-0.2, 0) is 14.3 Å². The van der Waals surface area contributed by atoms with Gasteiger partial charge < -0.3 is 9.47 Å². The molecule has 1 heterocycles. The number of halogens is 1. The molecule has 1 aliphatic heterocycles. The molecule has 0 aromatic heterocycles. The molecule has 7 heteroatoms. The number of nitrogens with zero attached hydrogens (tertiary/aromatic N) is 1. The van der Waals surface area contributed by atoms with Crippen LogP contribution in [0.2, 0.25) is 0 Å². The highest BCUT2D eigenvalue weighted by Gasteiger charge is 2.34. The Bertz CT molecular complexity index is 869. The summed E-state index contributed by atoms with van der Waals surface area (Å²) in [5.74, 6) is 0.148. The standard InChI is InChI=1S/C21H22FNO4S/c1-13(2)27-20(25)11-26-17-8-9-18(14(3)10-17)23-19(24)12-28-21(23)15-4-6-16(22)7-5-15/h4-10,13,21H,11-12H2,1-3H3. The van der Waals surface area contributed by atoms with E-state index < -0.39 is 5.97 Å². The lowest BCUT2D eigenvalue weighted by Gasteiger charge is -2.26. The minimum absolute atomic E-state index is 0.00314. The third-order valence-corrected chi connectivity index (χ3v) is 5.39. The van der Waals surface area contributed by atoms with Gasteiger partial charge in [0.25, 0.3) is 0 Å². The first kappa shape index (κ1) is 20.2. The molecule has 0 saturated carbocycles. The Balaban J connectivity index is 1.77. The van der Waals surface area contributed by atoms with Crippen LogP contribution >= 0.6 is 11.8 Å². The summed E-state index contributed by atoms with van der Waals surface area (Å²) in [6, 6.07) is 11.5. The van der Waals surface area contributed by atoms with Gasteiger partial charge in [0, 0.05) is 5.69 Å². The molecule has 1 fully saturated rings. The Hall–Kier alpha value is -2.54. The first-order chi connectivity index (χ1) is 13.3. The maximum Gasteiger partial charge on any atom is 0.344 e. The Morgan fingerprint density at radius 2 is 1.96 bits per heavy atom. The van der Waals surface area contributed by atoms with Crippen molar-refractivity contribution in [2.75, 3.05) is 17.3 Å². The zero-order valence-corrected chi connectivity index (χ0v) is 16.8. The molecule has 1 unspecified atom stereocenters. The number of ether oxygens (including phenoxy) is 2. The van der Waals surface area contributed by atoms with Crippen molar-refractivity contribution in [3.63, 3.8) is 0 Å². The van der Waals surface area contributed by atoms with Crippen molar-refractivity contribution in [1.29, 1.82) is 0 Å². The molecule has 1 aliphatic rings. The Morgan fingerprint density at radius 3 is 2.61 bits per heavy atom. The summed E-state index contributed by atoms with van der Waals surface area (Å²) in [6.45, 7) is 5.26. The molecular formula is C21H22FNO4S. The van der Waals surface area contributed by atoms with Crippen molar-refractivity contribution >= 4 is 29.3 Å². The summed E-state index contributed by atoms with van der Waals surface area (Å²) in [4.78, 5) is 25.9. The van der Waals surface area contributed by atoms with Gasteiger partial charge in [0.2, 0.25) is 5.91 Å². The number of benzene rings is 2. The summed E-state index contributed by atoms with van der Waals surface area (Å²) in [5.41, 5.74) is 2.48. The van der Waals surface area contributed by atoms with Gasteiger partial charge in [-0.2, -0.15) is 0 Å². The Kier molecular flexibility index (Phi) is 6.24. The first-order valence-corrected chi connectivity index (χ1v) is 10.0. The number of thioether (sulfide) groups is 1. The van der Waals surface area contributed by atoms with Crippen LogP contribution in [0.15, 0.2) is 42.5 Å². The molecule has 1 saturated heterocycles. The summed E-state index contributed by atoms with van der Waals surface area (Å²) < 4.78 is 23.8. The van der Waals surface area contributed by atoms with Crippen LogP contribution < -0.4 is 9.64 Å². The van der Waals surface area contributed by atoms with E-state index in [0.29, 0.717) is 11.5 Å². The lowest BCUT2D eigenvalue weighted by molar-refractivity contribution is -0.149. The minimum Gasteiger partial charge on any atom is -0.482 e. The van der Waals surface area contributed by atoms with Gasteiger partial charge in [-0.05, 0) is 62.2 Å². The van der Waals surface area contributed by atoms with Crippen LogP contribution in [0, 0.1) is 12.7 Å². The van der Waals surface area contributed by atoms with E-state index in [1.807, 2.05) is 6.92 Å². The highest BCUT2D eigenvalue weighted by molar-refractivity contribution is 8.00. The number of carbonyl (C=O) groups is 2. The van der Waals surface area contributed by atoms with Gasteiger partial charge in [0.15, 0.2) is 6.61 Å². The summed E-state index contributed by atoms with van der Waals surface area (Å²) in [7, 11) is 0. The SMILES string of the molecule is Cc1cc(OCC(=O)OC(C)C)ccc1N1C(=O)CSC1c1ccc(F)cc1. The van der Waals surface area contributed by atoms with E-state index in [9.17, 15) is 14.0 Å². The maximum absolute atomic E-state index is 13.2. The molecule has 2 aromatic carbocycles. The monoisotopic (exact) mass is 403 g/mol. The molecule has 0 radical (unpaired) electrons. The molecule has 1 amide bonds. The molecule has 2 aromatic rings. The number of hydrogen-bond donors (Lipinski definition) is 0. The van der Waals surface area contributed by atoms with E-state index in [-0.39, 0.29) is 29.8 Å². The molecule has 3 rings (SSSR count). The number of rotatable bonds is 6. The quantitative estimate of drug-likeness (QED) is 0.675. The summed E-state index contributed by atoms with van der Waals surface area (Å²) in [6.07, 6.45) is -0.192. The minimum atomic E-state index is -0.431. The van der Waals surface area contributed by atoms with Crippen LogP contribution in [0.4, 0.5) is 10.1 Å². The summed E-state index contributed by atoms with van der Waals surface area (Å²) in [5, 5.41) is -0.209. The van der Waals surface area contributed by atoms with Gasteiger partial charge in [-0.1, -0.05) is 12.1 Å². The molecule has 5 nitrogen and oxygen atoms in total. The number of aryl methyl sites for hydroxylation is 1. The third kappa shape index (κ3) is 4.65. The molecule has 0 N–H and O–H groups in total. The fourth-order valence-electron chi connectivity index (χ4n) is 2.99. The largest absolute Gasteiger partial charge is 0.482 e. The van der Waals surface area contributed by atoms with Crippen molar-refractivity contribution in [3.05, 3.63) is 59.4 Å². The van der Waals surface area contributed by atoms with Crippen molar-refractivity contribution in [1.82, 2.24) is 0 Å². The predicted octanol–water partition coefficient (Wildman–Crippen LogP) is 4.24. The normalized spacial score (nSPS) is 16.5. The van der Waals surface area contributed by atoms with Gasteiger partial charge >= 0.3 is 5.97 Å². The van der Waals surface area contributed by atoms with Crippen LogP contribution in [0.5, 0.6) is 5.75 Å². The fourth-order valence-corrected chi connectivity index (χ4v) is 4.15. The number of esters is 1. The maximum atomic E-state index is 13.2. The van der Waals surface area contributed by atoms with Crippen LogP contribution in [0.1, 0.15) is 30.3 Å². The van der Waals surface area contributed by atoms with E-state index in [1.165, 1.54) is 23.9 Å². The van der Waals surface area contributed by atoms with Crippen LogP contribution in [0.25, 0.3) is 0 Å². The number of hydrogen-bond acceptors (Lipinski definition) is 5. The zero-order chi connectivity index (χ0) is 20.3. The van der Waals surface area contributed by atoms with Gasteiger partial charge in [-0.3, -0.25) is 9.69 Å². The highest BCUT2D eigenvalue weighted by Crippen LogP contribution is 2.43. The molecule has 0 spiro atoms. The predicted molar refractivity (Wildman–Crippen MR) is 107 cm³/mol. The Morgan fingerprint density at radius 1 is 1.25 bits per heavy atom.